The van der Waals surface area contributed by atoms with Crippen molar-refractivity contribution in [3.05, 3.63) is 54.6 Å². The summed E-state index contributed by atoms with van der Waals surface area (Å²) >= 11 is 3.65. The number of anilines is 1. The van der Waals surface area contributed by atoms with E-state index in [0.717, 1.165) is 16.8 Å². The highest BCUT2D eigenvalue weighted by Gasteiger charge is 2.77. The quantitative estimate of drug-likeness (QED) is 0.189. The zero-order valence-electron chi connectivity index (χ0n) is 21.4. The number of benzene rings is 1. The maximum absolute atomic E-state index is 14.4. The molecule has 3 unspecified atom stereocenters. The molecular formula is C28H35BrN2O6. The van der Waals surface area contributed by atoms with Crippen molar-refractivity contribution in [1.82, 2.24) is 4.90 Å². The summed E-state index contributed by atoms with van der Waals surface area (Å²) in [6, 6.07) is 4.80. The lowest BCUT2D eigenvalue weighted by molar-refractivity contribution is -0.155. The van der Waals surface area contributed by atoms with Gasteiger partial charge in [-0.25, -0.2) is 0 Å². The fourth-order valence-electron chi connectivity index (χ4n) is 6.32. The third kappa shape index (κ3) is 4.55. The average molecular weight is 576 g/mol. The third-order valence-corrected chi connectivity index (χ3v) is 8.56. The monoisotopic (exact) mass is 574 g/mol. The van der Waals surface area contributed by atoms with Crippen LogP contribution in [0.4, 0.5) is 5.69 Å². The summed E-state index contributed by atoms with van der Waals surface area (Å²) in [4.78, 5) is 44.3. The predicted octanol–water partition coefficient (Wildman–Crippen LogP) is 3.07. The average Bonchev–Trinajstić information content (AvgIpc) is 3.44. The van der Waals surface area contributed by atoms with Crippen molar-refractivity contribution < 1.29 is 29.0 Å². The third-order valence-electron chi connectivity index (χ3n) is 7.72. The van der Waals surface area contributed by atoms with E-state index in [1.54, 1.807) is 17.1 Å². The molecule has 0 radical (unpaired) electrons. The van der Waals surface area contributed by atoms with Crippen molar-refractivity contribution >= 4 is 39.4 Å². The van der Waals surface area contributed by atoms with Gasteiger partial charge >= 0.3 is 5.97 Å². The van der Waals surface area contributed by atoms with E-state index in [1.807, 2.05) is 32.0 Å². The first kappa shape index (κ1) is 27.5. The Balaban J connectivity index is 1.74. The van der Waals surface area contributed by atoms with Crippen LogP contribution in [-0.2, 0) is 23.9 Å². The Hall–Kier alpha value is -2.49. The van der Waals surface area contributed by atoms with Gasteiger partial charge in [-0.2, -0.15) is 0 Å². The van der Waals surface area contributed by atoms with Crippen LogP contribution in [0.3, 0.4) is 0 Å². The number of unbranched alkanes of at least 4 members (excludes halogenated alkanes) is 1. The minimum Gasteiger partial charge on any atom is -0.465 e. The van der Waals surface area contributed by atoms with Crippen LogP contribution < -0.4 is 4.90 Å². The molecule has 2 amide bonds. The Labute approximate surface area is 226 Å². The Kier molecular flexibility index (Phi) is 8.26. The number of aryl methyl sites for hydroxylation is 2. The molecule has 3 aliphatic rings. The number of alkyl halides is 1. The fraction of sp³-hybridized carbons (Fsp3) is 0.536. The van der Waals surface area contributed by atoms with Crippen LogP contribution in [0.1, 0.15) is 30.4 Å². The molecule has 200 valence electrons. The molecule has 0 saturated carbocycles. The number of aliphatic hydroxyl groups is 1. The topological polar surface area (TPSA) is 96.4 Å². The Morgan fingerprint density at radius 2 is 2.00 bits per heavy atom. The molecular weight excluding hydrogens is 540 g/mol. The molecule has 37 heavy (non-hydrogen) atoms. The Morgan fingerprint density at radius 1 is 1.30 bits per heavy atom. The zero-order valence-corrected chi connectivity index (χ0v) is 23.0. The molecule has 1 N–H and O–H groups in total. The molecule has 9 heteroatoms. The van der Waals surface area contributed by atoms with Gasteiger partial charge in [0.05, 0.1) is 31.2 Å². The summed E-state index contributed by atoms with van der Waals surface area (Å²) in [5.74, 6) is -2.86. The summed E-state index contributed by atoms with van der Waals surface area (Å²) in [6.45, 7) is 11.5. The van der Waals surface area contributed by atoms with E-state index >= 15 is 0 Å². The number of nitrogens with zero attached hydrogens (tertiary/aromatic N) is 2. The van der Waals surface area contributed by atoms with Crippen LogP contribution in [0, 0.1) is 25.7 Å². The van der Waals surface area contributed by atoms with E-state index in [2.05, 4.69) is 29.1 Å². The molecule has 3 heterocycles. The lowest BCUT2D eigenvalue weighted by atomic mass is 9.70. The van der Waals surface area contributed by atoms with E-state index in [1.165, 1.54) is 4.90 Å². The van der Waals surface area contributed by atoms with E-state index in [0.29, 0.717) is 19.3 Å². The van der Waals surface area contributed by atoms with Crippen molar-refractivity contribution in [2.24, 2.45) is 11.8 Å². The highest BCUT2D eigenvalue weighted by Crippen LogP contribution is 2.60. The first-order valence-electron chi connectivity index (χ1n) is 12.7. The van der Waals surface area contributed by atoms with Gasteiger partial charge in [0.2, 0.25) is 5.91 Å². The number of hydrogen-bond donors (Lipinski definition) is 1. The van der Waals surface area contributed by atoms with Crippen LogP contribution >= 0.6 is 15.9 Å². The summed E-state index contributed by atoms with van der Waals surface area (Å²) in [6.07, 6.45) is 4.56. The lowest BCUT2D eigenvalue weighted by Crippen LogP contribution is -2.57. The zero-order chi connectivity index (χ0) is 26.9. The summed E-state index contributed by atoms with van der Waals surface area (Å²) in [5.41, 5.74) is 1.38. The lowest BCUT2D eigenvalue weighted by Gasteiger charge is -2.37. The van der Waals surface area contributed by atoms with Crippen LogP contribution in [0.25, 0.3) is 0 Å². The molecule has 1 spiro atoms. The molecule has 2 bridgehead atoms. The van der Waals surface area contributed by atoms with Gasteiger partial charge in [0.25, 0.3) is 5.91 Å². The van der Waals surface area contributed by atoms with Crippen molar-refractivity contribution in [2.75, 3.05) is 31.2 Å². The number of β-amino-alcohol motifs (C(OH)–C–C–N with tert-alkyl or cyclic N) is 1. The number of halogens is 1. The van der Waals surface area contributed by atoms with Crippen LogP contribution in [-0.4, -0.2) is 76.7 Å². The fourth-order valence-corrected chi connectivity index (χ4v) is 7.27. The second-order valence-electron chi connectivity index (χ2n) is 10.00. The number of likely N-dealkylation sites (tertiary alicyclic amines) is 1. The van der Waals surface area contributed by atoms with Gasteiger partial charge in [0.15, 0.2) is 0 Å². The number of carbonyl (C=O) groups excluding carboxylic acids is 3. The molecule has 0 aliphatic carbocycles. The largest absolute Gasteiger partial charge is 0.465 e. The number of esters is 1. The van der Waals surface area contributed by atoms with Gasteiger partial charge in [0, 0.05) is 23.6 Å². The summed E-state index contributed by atoms with van der Waals surface area (Å²) < 4.78 is 12.0. The molecule has 6 atom stereocenters. The number of para-hydroxylation sites is 1. The van der Waals surface area contributed by atoms with Gasteiger partial charge in [-0.3, -0.25) is 14.4 Å². The maximum atomic E-state index is 14.4. The highest BCUT2D eigenvalue weighted by atomic mass is 79.9. The van der Waals surface area contributed by atoms with Crippen molar-refractivity contribution in [3.63, 3.8) is 0 Å². The van der Waals surface area contributed by atoms with Crippen molar-refractivity contribution in [2.45, 2.75) is 55.7 Å². The Morgan fingerprint density at radius 3 is 2.62 bits per heavy atom. The number of carbonyl (C=O) groups is 3. The van der Waals surface area contributed by atoms with Crippen LogP contribution in [0.15, 0.2) is 43.5 Å². The molecule has 3 aliphatic heterocycles. The highest BCUT2D eigenvalue weighted by molar-refractivity contribution is 9.09. The normalized spacial score (nSPS) is 29.8. The van der Waals surface area contributed by atoms with Crippen LogP contribution in [0.2, 0.25) is 0 Å². The molecule has 8 nitrogen and oxygen atoms in total. The number of amides is 2. The van der Waals surface area contributed by atoms with Crippen molar-refractivity contribution in [3.8, 4) is 0 Å². The molecule has 4 rings (SSSR count). The smallest absolute Gasteiger partial charge is 0.312 e. The van der Waals surface area contributed by atoms with Gasteiger partial charge in [-0.1, -0.05) is 46.3 Å². The van der Waals surface area contributed by atoms with Gasteiger partial charge in [0.1, 0.15) is 11.6 Å². The SMILES string of the molecule is C=CCCCOC(=O)[C@H]1[C@@H]2OC3(CC2Br)C(C(=O)N(CC=C)c2c(C)cccc2C)N(CCO)C(=O)[C@H]13. The maximum Gasteiger partial charge on any atom is 0.312 e. The van der Waals surface area contributed by atoms with Crippen LogP contribution in [0.5, 0.6) is 0 Å². The first-order chi connectivity index (χ1) is 17.7. The van der Waals surface area contributed by atoms with Crippen molar-refractivity contribution in [1.29, 1.82) is 0 Å². The number of rotatable bonds is 11. The number of ether oxygens (including phenoxy) is 2. The molecule has 1 aromatic rings. The number of allylic oxidation sites excluding steroid dienone is 1. The molecule has 0 aromatic heterocycles. The molecule has 1 aromatic carbocycles. The second-order valence-corrected chi connectivity index (χ2v) is 11.2. The number of aliphatic hydroxyl groups excluding tert-OH is 1. The van der Waals surface area contributed by atoms with E-state index in [-0.39, 0.29) is 42.9 Å². The second kappa shape index (κ2) is 11.1. The van der Waals surface area contributed by atoms with Gasteiger partial charge in [-0.05, 0) is 44.2 Å². The minimum absolute atomic E-state index is 0.0374. The predicted molar refractivity (Wildman–Crippen MR) is 143 cm³/mol. The van der Waals surface area contributed by atoms with Gasteiger partial charge in [-0.15, -0.1) is 13.2 Å². The minimum atomic E-state index is -1.21. The number of fused-ring (bicyclic) bond motifs is 1. The summed E-state index contributed by atoms with van der Waals surface area (Å²) in [7, 11) is 0. The Bertz CT molecular complexity index is 1070. The van der Waals surface area contributed by atoms with E-state index in [4.69, 9.17) is 9.47 Å². The first-order valence-corrected chi connectivity index (χ1v) is 13.6. The number of hydrogen-bond acceptors (Lipinski definition) is 6. The standard InChI is InChI=1S/C28H35BrN2O6/c1-5-7-8-15-36-27(35)20-21-25(33)31(13-14-32)24(28(21)16-19(29)23(20)37-28)26(34)30(12-6-2)22-17(3)10-9-11-18(22)4/h5-6,9-11,19-21,23-24,32H,1-2,7-8,12-16H2,3-4H3/t19?,20-,21+,23-,24?,28?/m1/s1. The van der Waals surface area contributed by atoms with Gasteiger partial charge < -0.3 is 24.4 Å². The molecule has 3 saturated heterocycles. The van der Waals surface area contributed by atoms with E-state index < -0.39 is 35.6 Å². The summed E-state index contributed by atoms with van der Waals surface area (Å²) in [5, 5.41) is 9.83. The van der Waals surface area contributed by atoms with E-state index in [9.17, 15) is 19.5 Å². The molecule has 3 fully saturated rings.